The maximum atomic E-state index is 12.6. The van der Waals surface area contributed by atoms with Crippen molar-refractivity contribution in [2.45, 2.75) is 19.2 Å². The standard InChI is InChI=1S/C14H20F3N3O/c1-2-20-5-6-21-11(9-20)8-19-13-4-3-10(7-12(13)18)14(15,16)17/h3-4,7,11,19H,2,5-6,8-9,18H2,1H3. The highest BCUT2D eigenvalue weighted by Gasteiger charge is 2.30. The number of alkyl halides is 3. The van der Waals surface area contributed by atoms with Crippen LogP contribution < -0.4 is 11.1 Å². The van der Waals surface area contributed by atoms with Gasteiger partial charge in [-0.05, 0) is 24.7 Å². The molecule has 7 heteroatoms. The summed E-state index contributed by atoms with van der Waals surface area (Å²) in [6, 6.07) is 3.33. The molecule has 21 heavy (non-hydrogen) atoms. The smallest absolute Gasteiger partial charge is 0.397 e. The molecule has 4 nitrogen and oxygen atoms in total. The lowest BCUT2D eigenvalue weighted by Crippen LogP contribution is -2.45. The van der Waals surface area contributed by atoms with Crippen LogP contribution in [-0.2, 0) is 10.9 Å². The summed E-state index contributed by atoms with van der Waals surface area (Å²) in [7, 11) is 0. The topological polar surface area (TPSA) is 50.5 Å². The summed E-state index contributed by atoms with van der Waals surface area (Å²) in [6.07, 6.45) is -4.36. The van der Waals surface area contributed by atoms with E-state index in [4.69, 9.17) is 10.5 Å². The minimum Gasteiger partial charge on any atom is -0.397 e. The molecule has 0 aromatic heterocycles. The number of rotatable bonds is 4. The van der Waals surface area contributed by atoms with Gasteiger partial charge in [0, 0.05) is 19.6 Å². The highest BCUT2D eigenvalue weighted by molar-refractivity contribution is 5.67. The first kappa shape index (κ1) is 15.9. The average Bonchev–Trinajstić information content (AvgIpc) is 2.45. The predicted octanol–water partition coefficient (Wildman–Crippen LogP) is 2.42. The van der Waals surface area contributed by atoms with E-state index in [1.165, 1.54) is 6.07 Å². The van der Waals surface area contributed by atoms with Gasteiger partial charge >= 0.3 is 6.18 Å². The third-order valence-corrected chi connectivity index (χ3v) is 3.57. The summed E-state index contributed by atoms with van der Waals surface area (Å²) < 4.78 is 43.3. The van der Waals surface area contributed by atoms with Crippen LogP contribution in [0.2, 0.25) is 0 Å². The van der Waals surface area contributed by atoms with Crippen LogP contribution in [0.5, 0.6) is 0 Å². The lowest BCUT2D eigenvalue weighted by Gasteiger charge is -2.32. The van der Waals surface area contributed by atoms with Gasteiger partial charge < -0.3 is 15.8 Å². The molecule has 0 amide bonds. The Balaban J connectivity index is 1.94. The molecule has 1 aromatic carbocycles. The second-order valence-corrected chi connectivity index (χ2v) is 5.07. The molecule has 1 fully saturated rings. The van der Waals surface area contributed by atoms with Crippen molar-refractivity contribution in [3.63, 3.8) is 0 Å². The molecule has 1 saturated heterocycles. The first-order chi connectivity index (χ1) is 9.90. The van der Waals surface area contributed by atoms with Crippen LogP contribution in [0, 0.1) is 0 Å². The summed E-state index contributed by atoms with van der Waals surface area (Å²) in [5.74, 6) is 0. The Labute approximate surface area is 122 Å². The number of benzene rings is 1. The molecule has 0 bridgehead atoms. The number of nitrogens with zero attached hydrogens (tertiary/aromatic N) is 1. The quantitative estimate of drug-likeness (QED) is 0.839. The van der Waals surface area contributed by atoms with Crippen molar-refractivity contribution in [3.8, 4) is 0 Å². The molecule has 118 valence electrons. The van der Waals surface area contributed by atoms with Gasteiger partial charge in [0.2, 0.25) is 0 Å². The molecule has 1 unspecified atom stereocenters. The molecule has 0 spiro atoms. The van der Waals surface area contributed by atoms with E-state index >= 15 is 0 Å². The molecule has 1 aliphatic rings. The van der Waals surface area contributed by atoms with E-state index in [1.54, 1.807) is 0 Å². The molecule has 0 saturated carbocycles. The number of nitrogens with one attached hydrogen (secondary N) is 1. The largest absolute Gasteiger partial charge is 0.416 e. The highest BCUT2D eigenvalue weighted by Crippen LogP contribution is 2.32. The fourth-order valence-electron chi connectivity index (χ4n) is 2.31. The monoisotopic (exact) mass is 303 g/mol. The Morgan fingerprint density at radius 2 is 2.19 bits per heavy atom. The molecule has 1 heterocycles. The van der Waals surface area contributed by atoms with Gasteiger partial charge in [-0.25, -0.2) is 0 Å². The van der Waals surface area contributed by atoms with Crippen LogP contribution in [0.1, 0.15) is 12.5 Å². The third kappa shape index (κ3) is 4.25. The van der Waals surface area contributed by atoms with Gasteiger partial charge in [-0.15, -0.1) is 0 Å². The molecule has 0 radical (unpaired) electrons. The van der Waals surface area contributed by atoms with Crippen molar-refractivity contribution in [1.82, 2.24) is 4.90 Å². The average molecular weight is 303 g/mol. The zero-order valence-corrected chi connectivity index (χ0v) is 11.9. The zero-order chi connectivity index (χ0) is 15.5. The summed E-state index contributed by atoms with van der Waals surface area (Å²) in [5, 5.41) is 3.06. The number of nitrogens with two attached hydrogens (primary N) is 1. The van der Waals surface area contributed by atoms with Gasteiger partial charge in [0.25, 0.3) is 0 Å². The Morgan fingerprint density at radius 1 is 1.43 bits per heavy atom. The number of halogens is 3. The maximum Gasteiger partial charge on any atom is 0.416 e. The van der Waals surface area contributed by atoms with E-state index in [2.05, 4.69) is 17.1 Å². The molecular formula is C14H20F3N3O. The molecule has 1 aromatic rings. The minimum absolute atomic E-state index is 0.0143. The third-order valence-electron chi connectivity index (χ3n) is 3.57. The molecule has 0 aliphatic carbocycles. The van der Waals surface area contributed by atoms with Crippen LogP contribution in [-0.4, -0.2) is 43.8 Å². The fraction of sp³-hybridized carbons (Fsp3) is 0.571. The molecule has 1 aliphatic heterocycles. The summed E-state index contributed by atoms with van der Waals surface area (Å²) in [4.78, 5) is 2.27. The highest BCUT2D eigenvalue weighted by atomic mass is 19.4. The van der Waals surface area contributed by atoms with Gasteiger partial charge in [-0.2, -0.15) is 13.2 Å². The van der Waals surface area contributed by atoms with E-state index in [1.807, 2.05) is 0 Å². The van der Waals surface area contributed by atoms with E-state index in [0.29, 0.717) is 18.8 Å². The lowest BCUT2D eigenvalue weighted by atomic mass is 10.1. The van der Waals surface area contributed by atoms with Crippen molar-refractivity contribution in [2.24, 2.45) is 0 Å². The Kier molecular flexibility index (Phi) is 4.95. The molecule has 3 N–H and O–H groups in total. The van der Waals surface area contributed by atoms with Crippen LogP contribution in [0.15, 0.2) is 18.2 Å². The van der Waals surface area contributed by atoms with E-state index in [0.717, 1.165) is 31.8 Å². The van der Waals surface area contributed by atoms with Crippen LogP contribution in [0.4, 0.5) is 24.5 Å². The van der Waals surface area contributed by atoms with Crippen LogP contribution >= 0.6 is 0 Å². The van der Waals surface area contributed by atoms with Gasteiger partial charge in [0.15, 0.2) is 0 Å². The first-order valence-corrected chi connectivity index (χ1v) is 6.94. The minimum atomic E-state index is -4.37. The van der Waals surface area contributed by atoms with Crippen molar-refractivity contribution in [1.29, 1.82) is 0 Å². The zero-order valence-electron chi connectivity index (χ0n) is 11.9. The van der Waals surface area contributed by atoms with Crippen molar-refractivity contribution >= 4 is 11.4 Å². The summed E-state index contributed by atoms with van der Waals surface area (Å²) in [5.41, 5.74) is 5.53. The van der Waals surface area contributed by atoms with Crippen LogP contribution in [0.25, 0.3) is 0 Å². The number of morpholine rings is 1. The number of anilines is 2. The summed E-state index contributed by atoms with van der Waals surface area (Å²) in [6.45, 7) is 5.96. The molecular weight excluding hydrogens is 283 g/mol. The first-order valence-electron chi connectivity index (χ1n) is 6.94. The van der Waals surface area contributed by atoms with Gasteiger partial charge in [0.1, 0.15) is 0 Å². The number of nitrogen functional groups attached to an aromatic ring is 1. The predicted molar refractivity (Wildman–Crippen MR) is 76.2 cm³/mol. The second-order valence-electron chi connectivity index (χ2n) is 5.07. The SMILES string of the molecule is CCN1CCOC(CNc2ccc(C(F)(F)F)cc2N)C1. The second kappa shape index (κ2) is 6.53. The number of ether oxygens (including phenoxy) is 1. The fourth-order valence-corrected chi connectivity index (χ4v) is 2.31. The van der Waals surface area contributed by atoms with E-state index in [-0.39, 0.29) is 11.8 Å². The Bertz CT molecular complexity index is 479. The van der Waals surface area contributed by atoms with E-state index < -0.39 is 11.7 Å². The Hall–Kier alpha value is -1.47. The molecule has 1 atom stereocenters. The van der Waals surface area contributed by atoms with Gasteiger partial charge in [-0.1, -0.05) is 6.92 Å². The van der Waals surface area contributed by atoms with Crippen LogP contribution in [0.3, 0.4) is 0 Å². The van der Waals surface area contributed by atoms with E-state index in [9.17, 15) is 13.2 Å². The van der Waals surface area contributed by atoms with Gasteiger partial charge in [0.05, 0.1) is 29.6 Å². The summed E-state index contributed by atoms with van der Waals surface area (Å²) >= 11 is 0. The maximum absolute atomic E-state index is 12.6. The van der Waals surface area contributed by atoms with Crippen molar-refractivity contribution in [3.05, 3.63) is 23.8 Å². The number of hydrogen-bond acceptors (Lipinski definition) is 4. The number of hydrogen-bond donors (Lipinski definition) is 2. The lowest BCUT2D eigenvalue weighted by molar-refractivity contribution is -0.137. The van der Waals surface area contributed by atoms with Crippen molar-refractivity contribution < 1.29 is 17.9 Å². The normalized spacial score (nSPS) is 20.5. The van der Waals surface area contributed by atoms with Gasteiger partial charge in [-0.3, -0.25) is 4.90 Å². The Morgan fingerprint density at radius 3 is 2.81 bits per heavy atom. The molecule has 2 rings (SSSR count). The number of likely N-dealkylation sites (N-methyl/N-ethyl adjacent to an activating group) is 1. The van der Waals surface area contributed by atoms with Crippen molar-refractivity contribution in [2.75, 3.05) is 43.8 Å².